The molecule has 1 rings (SSSR count). The second kappa shape index (κ2) is 4.60. The summed E-state index contributed by atoms with van der Waals surface area (Å²) in [4.78, 5) is 0. The number of hydrogen-bond acceptors (Lipinski definition) is 3. The Labute approximate surface area is 85.8 Å². The van der Waals surface area contributed by atoms with Gasteiger partial charge < -0.3 is 9.94 Å². The maximum atomic E-state index is 8.57. The van der Waals surface area contributed by atoms with Gasteiger partial charge in [-0.3, -0.25) is 0 Å². The van der Waals surface area contributed by atoms with E-state index in [-0.39, 0.29) is 0 Å². The first-order valence-electron chi connectivity index (χ1n) is 3.89. The van der Waals surface area contributed by atoms with Gasteiger partial charge in [-0.2, -0.15) is 0 Å². The molecule has 0 aliphatic heterocycles. The molecule has 0 saturated heterocycles. The molecule has 0 radical (unpaired) electrons. The van der Waals surface area contributed by atoms with Crippen LogP contribution < -0.4 is 10.2 Å². The Morgan fingerprint density at radius 2 is 2.23 bits per heavy atom. The van der Waals surface area contributed by atoms with Gasteiger partial charge in [0.25, 0.3) is 0 Å². The number of hydroxylamine groups is 1. The van der Waals surface area contributed by atoms with Crippen LogP contribution in [0.15, 0.2) is 16.6 Å². The Morgan fingerprint density at radius 3 is 2.77 bits per heavy atom. The van der Waals surface area contributed by atoms with Crippen LogP contribution in [0, 0.1) is 6.92 Å². The number of aryl methyl sites for hydroxylation is 1. The normalized spacial score (nSPS) is 10.2. The lowest BCUT2D eigenvalue weighted by Gasteiger charge is -2.09. The molecule has 0 bridgehead atoms. The largest absolute Gasteiger partial charge is 0.496 e. The average Bonchev–Trinajstić information content (AvgIpc) is 2.10. The first-order chi connectivity index (χ1) is 6.19. The van der Waals surface area contributed by atoms with Crippen molar-refractivity contribution in [3.8, 4) is 5.75 Å². The molecule has 4 heteroatoms. The fourth-order valence-corrected chi connectivity index (χ4v) is 1.75. The number of hydrogen-bond donors (Lipinski definition) is 2. The molecule has 0 unspecified atom stereocenters. The van der Waals surface area contributed by atoms with E-state index in [2.05, 4.69) is 21.4 Å². The molecule has 2 N–H and O–H groups in total. The lowest BCUT2D eigenvalue weighted by molar-refractivity contribution is 0.161. The van der Waals surface area contributed by atoms with Crippen LogP contribution in [-0.4, -0.2) is 12.3 Å². The maximum absolute atomic E-state index is 8.57. The van der Waals surface area contributed by atoms with E-state index in [0.29, 0.717) is 6.54 Å². The molecule has 0 aliphatic carbocycles. The molecule has 13 heavy (non-hydrogen) atoms. The van der Waals surface area contributed by atoms with E-state index in [1.807, 2.05) is 19.1 Å². The van der Waals surface area contributed by atoms with Crippen LogP contribution in [-0.2, 0) is 6.54 Å². The van der Waals surface area contributed by atoms with Crippen molar-refractivity contribution in [1.29, 1.82) is 0 Å². The van der Waals surface area contributed by atoms with Gasteiger partial charge in [-0.25, -0.2) is 5.48 Å². The quantitative estimate of drug-likeness (QED) is 0.803. The van der Waals surface area contributed by atoms with Crippen LogP contribution in [0.2, 0.25) is 0 Å². The minimum Gasteiger partial charge on any atom is -0.496 e. The zero-order valence-corrected chi connectivity index (χ0v) is 9.18. The monoisotopic (exact) mass is 245 g/mol. The third kappa shape index (κ3) is 2.43. The fraction of sp³-hybridized carbons (Fsp3) is 0.333. The number of methoxy groups -OCH3 is 1. The maximum Gasteiger partial charge on any atom is 0.133 e. The van der Waals surface area contributed by atoms with Crippen molar-refractivity contribution in [1.82, 2.24) is 5.48 Å². The molecule has 0 atom stereocenters. The number of ether oxygens (including phenoxy) is 1. The van der Waals surface area contributed by atoms with Crippen molar-refractivity contribution < 1.29 is 9.94 Å². The third-order valence-corrected chi connectivity index (χ3v) is 2.50. The van der Waals surface area contributed by atoms with Crippen LogP contribution in [0.25, 0.3) is 0 Å². The van der Waals surface area contributed by atoms with Gasteiger partial charge in [0, 0.05) is 6.54 Å². The van der Waals surface area contributed by atoms with E-state index in [4.69, 9.17) is 9.94 Å². The lowest BCUT2D eigenvalue weighted by atomic mass is 10.1. The van der Waals surface area contributed by atoms with Crippen molar-refractivity contribution in [3.63, 3.8) is 0 Å². The molecule has 0 aliphatic rings. The summed E-state index contributed by atoms with van der Waals surface area (Å²) >= 11 is 3.38. The molecule has 0 fully saturated rings. The predicted octanol–water partition coefficient (Wildman–Crippen LogP) is 2.24. The minimum absolute atomic E-state index is 0.426. The second-order valence-electron chi connectivity index (χ2n) is 2.75. The molecule has 0 spiro atoms. The van der Waals surface area contributed by atoms with Crippen LogP contribution in [0.4, 0.5) is 0 Å². The van der Waals surface area contributed by atoms with Crippen molar-refractivity contribution >= 4 is 15.9 Å². The van der Waals surface area contributed by atoms with Crippen molar-refractivity contribution in [3.05, 3.63) is 27.7 Å². The van der Waals surface area contributed by atoms with E-state index >= 15 is 0 Å². The Bertz CT molecular complexity index is 302. The topological polar surface area (TPSA) is 41.5 Å². The van der Waals surface area contributed by atoms with Crippen LogP contribution >= 0.6 is 15.9 Å². The van der Waals surface area contributed by atoms with E-state index in [0.717, 1.165) is 21.3 Å². The van der Waals surface area contributed by atoms with Crippen LogP contribution in [0.3, 0.4) is 0 Å². The van der Waals surface area contributed by atoms with Gasteiger partial charge in [-0.1, -0.05) is 0 Å². The summed E-state index contributed by atoms with van der Waals surface area (Å²) in [6, 6.07) is 3.86. The summed E-state index contributed by atoms with van der Waals surface area (Å²) in [7, 11) is 1.62. The number of halogens is 1. The van der Waals surface area contributed by atoms with E-state index in [9.17, 15) is 0 Å². The summed E-state index contributed by atoms with van der Waals surface area (Å²) in [5.74, 6) is 0.774. The van der Waals surface area contributed by atoms with Gasteiger partial charge in [-0.15, -0.1) is 0 Å². The highest BCUT2D eigenvalue weighted by atomic mass is 79.9. The van der Waals surface area contributed by atoms with Gasteiger partial charge in [0.15, 0.2) is 0 Å². The predicted molar refractivity (Wildman–Crippen MR) is 54.1 cm³/mol. The average molecular weight is 246 g/mol. The lowest BCUT2D eigenvalue weighted by Crippen LogP contribution is -2.07. The summed E-state index contributed by atoms with van der Waals surface area (Å²) in [5, 5.41) is 8.57. The minimum atomic E-state index is 0.426. The molecule has 1 aromatic rings. The number of rotatable bonds is 3. The van der Waals surface area contributed by atoms with Crippen LogP contribution in [0.1, 0.15) is 11.1 Å². The summed E-state index contributed by atoms with van der Waals surface area (Å²) in [6.45, 7) is 2.41. The highest BCUT2D eigenvalue weighted by Gasteiger charge is 2.04. The standard InChI is InChI=1S/C9H12BrNO2/c1-6-3-8(10)9(13-2)4-7(6)5-11-12/h3-4,11-12H,5H2,1-2H3. The molecule has 0 amide bonds. The van der Waals surface area contributed by atoms with Gasteiger partial charge in [-0.05, 0) is 46.1 Å². The smallest absolute Gasteiger partial charge is 0.133 e. The first-order valence-corrected chi connectivity index (χ1v) is 4.68. The van der Waals surface area contributed by atoms with E-state index < -0.39 is 0 Å². The summed E-state index contributed by atoms with van der Waals surface area (Å²) in [6.07, 6.45) is 0. The number of benzene rings is 1. The highest BCUT2D eigenvalue weighted by Crippen LogP contribution is 2.28. The molecule has 72 valence electrons. The molecule has 0 saturated carbocycles. The Balaban J connectivity index is 3.06. The fourth-order valence-electron chi connectivity index (χ4n) is 1.13. The molecular weight excluding hydrogens is 234 g/mol. The molecule has 0 heterocycles. The summed E-state index contributed by atoms with van der Waals surface area (Å²) in [5.41, 5.74) is 4.25. The first kappa shape index (κ1) is 10.5. The summed E-state index contributed by atoms with van der Waals surface area (Å²) < 4.78 is 6.06. The second-order valence-corrected chi connectivity index (χ2v) is 3.60. The van der Waals surface area contributed by atoms with Gasteiger partial charge in [0.1, 0.15) is 5.75 Å². The van der Waals surface area contributed by atoms with Gasteiger partial charge in [0.2, 0.25) is 0 Å². The molecular formula is C9H12BrNO2. The Hall–Kier alpha value is -0.580. The number of nitrogens with one attached hydrogen (secondary N) is 1. The zero-order valence-electron chi connectivity index (χ0n) is 7.60. The third-order valence-electron chi connectivity index (χ3n) is 1.88. The molecule has 0 aromatic heterocycles. The molecule has 3 nitrogen and oxygen atoms in total. The SMILES string of the molecule is COc1cc(CNO)c(C)cc1Br. The van der Waals surface area contributed by atoms with E-state index in [1.54, 1.807) is 7.11 Å². The molecule has 1 aromatic carbocycles. The highest BCUT2D eigenvalue weighted by molar-refractivity contribution is 9.10. The Morgan fingerprint density at radius 1 is 1.54 bits per heavy atom. The van der Waals surface area contributed by atoms with Crippen molar-refractivity contribution in [2.45, 2.75) is 13.5 Å². The van der Waals surface area contributed by atoms with Crippen molar-refractivity contribution in [2.24, 2.45) is 0 Å². The van der Waals surface area contributed by atoms with Crippen LogP contribution in [0.5, 0.6) is 5.75 Å². The zero-order chi connectivity index (χ0) is 9.84. The van der Waals surface area contributed by atoms with Crippen molar-refractivity contribution in [2.75, 3.05) is 7.11 Å². The van der Waals surface area contributed by atoms with E-state index in [1.165, 1.54) is 0 Å². The van der Waals surface area contributed by atoms with Gasteiger partial charge in [0.05, 0.1) is 11.6 Å². The Kier molecular flexibility index (Phi) is 3.71. The van der Waals surface area contributed by atoms with Gasteiger partial charge >= 0.3 is 0 Å².